The number of fused-ring (bicyclic) bond motifs is 1. The fraction of sp³-hybridized carbons (Fsp3) is 0.500. The Morgan fingerprint density at radius 3 is 2.85 bits per heavy atom. The average Bonchev–Trinajstić information content (AvgIpc) is 2.84. The van der Waals surface area contributed by atoms with E-state index in [4.69, 9.17) is 4.98 Å². The first kappa shape index (κ1) is 13.3. The van der Waals surface area contributed by atoms with Gasteiger partial charge in [0.1, 0.15) is 0 Å². The molecule has 0 bridgehead atoms. The molecule has 1 aliphatic heterocycles. The van der Waals surface area contributed by atoms with Gasteiger partial charge in [-0.2, -0.15) is 0 Å². The zero-order chi connectivity index (χ0) is 14.1. The molecule has 3 rings (SSSR count). The summed E-state index contributed by atoms with van der Waals surface area (Å²) >= 11 is 0. The molecule has 1 atom stereocenters. The highest BCUT2D eigenvalue weighted by Crippen LogP contribution is 2.20. The minimum Gasteiger partial charge on any atom is -0.342 e. The smallest absolute Gasteiger partial charge is 0.225 e. The molecule has 20 heavy (non-hydrogen) atoms. The molecule has 1 aliphatic rings. The summed E-state index contributed by atoms with van der Waals surface area (Å²) in [6, 6.07) is 8.83. The van der Waals surface area contributed by atoms with E-state index in [-0.39, 0.29) is 0 Å². The number of nitrogens with zero attached hydrogens (tertiary/aromatic N) is 4. The van der Waals surface area contributed by atoms with Crippen molar-refractivity contribution in [2.24, 2.45) is 0 Å². The topological polar surface area (TPSA) is 32.3 Å². The van der Waals surface area contributed by atoms with E-state index < -0.39 is 0 Å². The molecule has 1 saturated heterocycles. The summed E-state index contributed by atoms with van der Waals surface area (Å²) in [6.45, 7) is 4.26. The molecular weight excluding hydrogens is 248 g/mol. The third-order valence-corrected chi connectivity index (χ3v) is 4.28. The molecule has 4 heteroatoms. The number of aromatic nitrogens is 2. The molecule has 106 valence electrons. The maximum Gasteiger partial charge on any atom is 0.225 e. The Balaban J connectivity index is 1.85. The van der Waals surface area contributed by atoms with Gasteiger partial charge in [-0.25, -0.2) is 9.97 Å². The van der Waals surface area contributed by atoms with E-state index in [0.717, 1.165) is 29.1 Å². The maximum atomic E-state index is 4.70. The number of para-hydroxylation sites is 1. The van der Waals surface area contributed by atoms with Crippen LogP contribution in [-0.2, 0) is 0 Å². The first-order valence-electron chi connectivity index (χ1n) is 7.30. The van der Waals surface area contributed by atoms with E-state index in [0.29, 0.717) is 6.04 Å². The van der Waals surface area contributed by atoms with E-state index in [1.807, 2.05) is 12.1 Å². The molecule has 0 radical (unpaired) electrons. The van der Waals surface area contributed by atoms with Crippen molar-refractivity contribution in [3.63, 3.8) is 0 Å². The maximum absolute atomic E-state index is 4.70. The average molecular weight is 270 g/mol. The Hall–Kier alpha value is -1.68. The molecule has 1 unspecified atom stereocenters. The zero-order valence-corrected chi connectivity index (χ0v) is 12.5. The molecule has 2 aromatic rings. The SMILES string of the molecule is Cc1nc(N(C)CC2CCCN2C)nc2ccccc12. The predicted octanol–water partition coefficient (Wildman–Crippen LogP) is 2.47. The summed E-state index contributed by atoms with van der Waals surface area (Å²) < 4.78 is 0. The van der Waals surface area contributed by atoms with Crippen LogP contribution in [0.25, 0.3) is 10.9 Å². The fourth-order valence-corrected chi connectivity index (χ4v) is 3.00. The van der Waals surface area contributed by atoms with Gasteiger partial charge in [0.15, 0.2) is 0 Å². The quantitative estimate of drug-likeness (QED) is 0.857. The number of aryl methyl sites for hydroxylation is 1. The minimum absolute atomic E-state index is 0.621. The first-order chi connectivity index (χ1) is 9.65. The van der Waals surface area contributed by atoms with Gasteiger partial charge in [-0.15, -0.1) is 0 Å². The summed E-state index contributed by atoms with van der Waals surface area (Å²) in [4.78, 5) is 14.0. The van der Waals surface area contributed by atoms with Gasteiger partial charge in [0.25, 0.3) is 0 Å². The third-order valence-electron chi connectivity index (χ3n) is 4.28. The normalized spacial score (nSPS) is 19.6. The second-order valence-corrected chi connectivity index (χ2v) is 5.78. The van der Waals surface area contributed by atoms with Crippen LogP contribution in [0.1, 0.15) is 18.5 Å². The Labute approximate surface area is 120 Å². The lowest BCUT2D eigenvalue weighted by Crippen LogP contribution is -2.37. The van der Waals surface area contributed by atoms with E-state index in [1.165, 1.54) is 19.4 Å². The number of likely N-dealkylation sites (tertiary alicyclic amines) is 1. The van der Waals surface area contributed by atoms with Crippen LogP contribution in [-0.4, -0.2) is 48.1 Å². The monoisotopic (exact) mass is 270 g/mol. The van der Waals surface area contributed by atoms with Crippen LogP contribution in [0.2, 0.25) is 0 Å². The molecule has 0 amide bonds. The van der Waals surface area contributed by atoms with Gasteiger partial charge in [0.05, 0.1) is 11.2 Å². The van der Waals surface area contributed by atoms with E-state index in [1.54, 1.807) is 0 Å². The van der Waals surface area contributed by atoms with Crippen LogP contribution in [0.5, 0.6) is 0 Å². The van der Waals surface area contributed by atoms with Crippen molar-refractivity contribution < 1.29 is 0 Å². The Kier molecular flexibility index (Phi) is 3.57. The van der Waals surface area contributed by atoms with Crippen molar-refractivity contribution >= 4 is 16.9 Å². The third kappa shape index (κ3) is 2.48. The van der Waals surface area contributed by atoms with Crippen molar-refractivity contribution in [1.82, 2.24) is 14.9 Å². The molecule has 0 spiro atoms. The van der Waals surface area contributed by atoms with E-state index in [9.17, 15) is 0 Å². The Morgan fingerprint density at radius 2 is 2.10 bits per heavy atom. The zero-order valence-electron chi connectivity index (χ0n) is 12.5. The van der Waals surface area contributed by atoms with Crippen LogP contribution < -0.4 is 4.90 Å². The molecule has 0 N–H and O–H groups in total. The first-order valence-corrected chi connectivity index (χ1v) is 7.30. The summed E-state index contributed by atoms with van der Waals surface area (Å²) in [5.74, 6) is 0.835. The molecule has 0 saturated carbocycles. The van der Waals surface area contributed by atoms with Gasteiger partial charge < -0.3 is 9.80 Å². The summed E-state index contributed by atoms with van der Waals surface area (Å²) in [6.07, 6.45) is 2.57. The van der Waals surface area contributed by atoms with Crippen LogP contribution >= 0.6 is 0 Å². The van der Waals surface area contributed by atoms with Crippen LogP contribution in [0.3, 0.4) is 0 Å². The van der Waals surface area contributed by atoms with Crippen molar-refractivity contribution in [2.45, 2.75) is 25.8 Å². The van der Waals surface area contributed by atoms with Crippen LogP contribution in [0.15, 0.2) is 24.3 Å². The highest BCUT2D eigenvalue weighted by molar-refractivity contribution is 5.81. The van der Waals surface area contributed by atoms with E-state index in [2.05, 4.69) is 47.9 Å². The second-order valence-electron chi connectivity index (χ2n) is 5.78. The molecule has 1 fully saturated rings. The number of hydrogen-bond acceptors (Lipinski definition) is 4. The van der Waals surface area contributed by atoms with Gasteiger partial charge in [-0.05, 0) is 39.4 Å². The number of anilines is 1. The number of benzene rings is 1. The van der Waals surface area contributed by atoms with Crippen molar-refractivity contribution in [2.75, 3.05) is 32.1 Å². The highest BCUT2D eigenvalue weighted by atomic mass is 15.3. The van der Waals surface area contributed by atoms with Gasteiger partial charge in [0, 0.05) is 25.0 Å². The second kappa shape index (κ2) is 5.37. The highest BCUT2D eigenvalue weighted by Gasteiger charge is 2.23. The molecular formula is C16H22N4. The summed E-state index contributed by atoms with van der Waals surface area (Å²) in [5, 5.41) is 1.14. The lowest BCUT2D eigenvalue weighted by Gasteiger charge is -2.26. The largest absolute Gasteiger partial charge is 0.342 e. The van der Waals surface area contributed by atoms with Crippen LogP contribution in [0.4, 0.5) is 5.95 Å². The van der Waals surface area contributed by atoms with Crippen molar-refractivity contribution in [3.05, 3.63) is 30.0 Å². The molecule has 1 aromatic heterocycles. The minimum atomic E-state index is 0.621. The number of hydrogen-bond donors (Lipinski definition) is 0. The number of likely N-dealkylation sites (N-methyl/N-ethyl adjacent to an activating group) is 2. The predicted molar refractivity (Wildman–Crippen MR) is 83.2 cm³/mol. The lowest BCUT2D eigenvalue weighted by atomic mass is 10.2. The molecule has 1 aromatic carbocycles. The standard InChI is InChI=1S/C16H22N4/c1-12-14-8-4-5-9-15(14)18-16(17-12)20(3)11-13-7-6-10-19(13)2/h4-5,8-9,13H,6-7,10-11H2,1-3H3. The fourth-order valence-electron chi connectivity index (χ4n) is 3.00. The van der Waals surface area contributed by atoms with E-state index >= 15 is 0 Å². The summed E-state index contributed by atoms with van der Waals surface area (Å²) in [7, 11) is 4.30. The summed E-state index contributed by atoms with van der Waals surface area (Å²) in [5.41, 5.74) is 2.08. The Bertz CT molecular complexity index is 610. The Morgan fingerprint density at radius 1 is 1.30 bits per heavy atom. The van der Waals surface area contributed by atoms with Crippen LogP contribution in [0, 0.1) is 6.92 Å². The van der Waals surface area contributed by atoms with Crippen molar-refractivity contribution in [1.29, 1.82) is 0 Å². The number of rotatable bonds is 3. The molecule has 4 nitrogen and oxygen atoms in total. The molecule has 2 heterocycles. The molecule has 0 aliphatic carbocycles. The van der Waals surface area contributed by atoms with Gasteiger partial charge in [0.2, 0.25) is 5.95 Å². The lowest BCUT2D eigenvalue weighted by molar-refractivity contribution is 0.313. The van der Waals surface area contributed by atoms with Gasteiger partial charge in [-0.1, -0.05) is 18.2 Å². The van der Waals surface area contributed by atoms with Gasteiger partial charge in [-0.3, -0.25) is 0 Å². The van der Waals surface area contributed by atoms with Gasteiger partial charge >= 0.3 is 0 Å². The van der Waals surface area contributed by atoms with Crippen molar-refractivity contribution in [3.8, 4) is 0 Å².